The minimum atomic E-state index is -0.579. The van der Waals surface area contributed by atoms with Gasteiger partial charge in [-0.2, -0.15) is 0 Å². The van der Waals surface area contributed by atoms with Crippen LogP contribution in [0.5, 0.6) is 0 Å². The molecule has 0 aliphatic rings. The number of ether oxygens (including phenoxy) is 1. The molecule has 94 valence electrons. The molecule has 1 unspecified atom stereocenters. The number of nitrogens with one attached hydrogen (secondary N) is 1. The summed E-state index contributed by atoms with van der Waals surface area (Å²) < 4.78 is 4.77. The third-order valence-electron chi connectivity index (χ3n) is 2.13. The van der Waals surface area contributed by atoms with Crippen molar-refractivity contribution in [3.8, 4) is 0 Å². The van der Waals surface area contributed by atoms with E-state index in [1.807, 2.05) is 0 Å². The topological polar surface area (TPSA) is 71.5 Å². The number of amides is 1. The summed E-state index contributed by atoms with van der Waals surface area (Å²) in [5.41, 5.74) is 0.329. The van der Waals surface area contributed by atoms with Crippen LogP contribution in [-0.2, 0) is 4.74 Å². The molecule has 0 saturated carbocycles. The highest BCUT2D eigenvalue weighted by Crippen LogP contribution is 2.12. The van der Waals surface area contributed by atoms with Gasteiger partial charge in [-0.15, -0.1) is 0 Å². The molecule has 1 heterocycles. The standard InChI is InChI=1S/C11H15ClN2O3/c1-17-7-8(15)2-5-14-11(16)9-6-13-4-3-10(9)12/h3-4,6,8,15H,2,5,7H2,1H3,(H,14,16). The Labute approximate surface area is 105 Å². The van der Waals surface area contributed by atoms with Gasteiger partial charge < -0.3 is 15.2 Å². The number of aromatic nitrogens is 1. The minimum absolute atomic E-state index is 0.253. The summed E-state index contributed by atoms with van der Waals surface area (Å²) in [5.74, 6) is -0.298. The second-order valence-electron chi connectivity index (χ2n) is 3.51. The van der Waals surface area contributed by atoms with Gasteiger partial charge in [-0.25, -0.2) is 0 Å². The van der Waals surface area contributed by atoms with Crippen molar-refractivity contribution in [3.05, 3.63) is 29.0 Å². The van der Waals surface area contributed by atoms with E-state index in [2.05, 4.69) is 10.3 Å². The largest absolute Gasteiger partial charge is 0.391 e. The molecule has 1 aromatic heterocycles. The predicted octanol–water partition coefficient (Wildman–Crippen LogP) is 0.862. The molecule has 0 aliphatic heterocycles. The molecule has 0 radical (unpaired) electrons. The fourth-order valence-corrected chi connectivity index (χ4v) is 1.46. The van der Waals surface area contributed by atoms with Gasteiger partial charge >= 0.3 is 0 Å². The van der Waals surface area contributed by atoms with Crippen LogP contribution in [0.4, 0.5) is 0 Å². The molecular formula is C11H15ClN2O3. The van der Waals surface area contributed by atoms with E-state index in [0.717, 1.165) is 0 Å². The number of pyridine rings is 1. The van der Waals surface area contributed by atoms with E-state index in [4.69, 9.17) is 16.3 Å². The predicted molar refractivity (Wildman–Crippen MR) is 64.1 cm³/mol. The molecule has 5 nitrogen and oxygen atoms in total. The third kappa shape index (κ3) is 4.68. The van der Waals surface area contributed by atoms with Crippen LogP contribution in [0.1, 0.15) is 16.8 Å². The maximum absolute atomic E-state index is 11.7. The van der Waals surface area contributed by atoms with E-state index in [9.17, 15) is 9.90 Å². The molecule has 0 aliphatic carbocycles. The number of hydrogen-bond acceptors (Lipinski definition) is 4. The molecule has 0 fully saturated rings. The Morgan fingerprint density at radius 1 is 1.71 bits per heavy atom. The monoisotopic (exact) mass is 258 g/mol. The summed E-state index contributed by atoms with van der Waals surface area (Å²) in [7, 11) is 1.51. The Kier molecular flexibility index (Phi) is 5.90. The number of rotatable bonds is 6. The summed E-state index contributed by atoms with van der Waals surface area (Å²) >= 11 is 5.84. The fraction of sp³-hybridized carbons (Fsp3) is 0.455. The Morgan fingerprint density at radius 3 is 3.12 bits per heavy atom. The third-order valence-corrected chi connectivity index (χ3v) is 2.46. The van der Waals surface area contributed by atoms with Crippen LogP contribution in [0.3, 0.4) is 0 Å². The van der Waals surface area contributed by atoms with Crippen molar-refractivity contribution in [2.75, 3.05) is 20.3 Å². The molecule has 6 heteroatoms. The highest BCUT2D eigenvalue weighted by Gasteiger charge is 2.10. The average Bonchev–Trinajstić information content (AvgIpc) is 2.29. The number of nitrogens with zero attached hydrogens (tertiary/aromatic N) is 1. The smallest absolute Gasteiger partial charge is 0.254 e. The molecule has 1 rings (SSSR count). The van der Waals surface area contributed by atoms with Crippen molar-refractivity contribution in [3.63, 3.8) is 0 Å². The molecule has 1 atom stereocenters. The van der Waals surface area contributed by atoms with Crippen molar-refractivity contribution < 1.29 is 14.6 Å². The van der Waals surface area contributed by atoms with Gasteiger partial charge in [0, 0.05) is 26.0 Å². The molecule has 1 aromatic rings. The lowest BCUT2D eigenvalue weighted by Crippen LogP contribution is -2.28. The molecule has 0 saturated heterocycles. The maximum atomic E-state index is 11.7. The molecule has 0 bridgehead atoms. The summed E-state index contributed by atoms with van der Waals surface area (Å²) in [4.78, 5) is 15.5. The van der Waals surface area contributed by atoms with Crippen LogP contribution in [0, 0.1) is 0 Å². The quantitative estimate of drug-likeness (QED) is 0.794. The summed E-state index contributed by atoms with van der Waals surface area (Å²) in [6.07, 6.45) is 2.77. The highest BCUT2D eigenvalue weighted by atomic mass is 35.5. The number of methoxy groups -OCH3 is 1. The summed E-state index contributed by atoms with van der Waals surface area (Å²) in [6, 6.07) is 1.55. The molecule has 0 aromatic carbocycles. The van der Waals surface area contributed by atoms with Gasteiger partial charge in [0.05, 0.1) is 23.3 Å². The first-order chi connectivity index (χ1) is 8.15. The van der Waals surface area contributed by atoms with Crippen LogP contribution in [0.15, 0.2) is 18.5 Å². The first-order valence-electron chi connectivity index (χ1n) is 5.20. The SMILES string of the molecule is COCC(O)CCNC(=O)c1cnccc1Cl. The van der Waals surface area contributed by atoms with Crippen molar-refractivity contribution in [2.45, 2.75) is 12.5 Å². The van der Waals surface area contributed by atoms with Crippen molar-refractivity contribution in [1.82, 2.24) is 10.3 Å². The van der Waals surface area contributed by atoms with Gasteiger partial charge in [0.15, 0.2) is 0 Å². The zero-order valence-corrected chi connectivity index (χ0v) is 10.3. The Bertz CT molecular complexity index is 373. The Morgan fingerprint density at radius 2 is 2.47 bits per heavy atom. The normalized spacial score (nSPS) is 12.2. The zero-order valence-electron chi connectivity index (χ0n) is 9.52. The number of aliphatic hydroxyl groups is 1. The van der Waals surface area contributed by atoms with Gasteiger partial charge in [-0.3, -0.25) is 9.78 Å². The fourth-order valence-electron chi connectivity index (χ4n) is 1.27. The second-order valence-corrected chi connectivity index (χ2v) is 3.92. The first-order valence-corrected chi connectivity index (χ1v) is 5.57. The highest BCUT2D eigenvalue weighted by molar-refractivity contribution is 6.33. The van der Waals surface area contributed by atoms with Crippen LogP contribution in [-0.4, -0.2) is 42.4 Å². The lowest BCUT2D eigenvalue weighted by molar-refractivity contribution is 0.0587. The summed E-state index contributed by atoms with van der Waals surface area (Å²) in [5, 5.41) is 12.4. The Balaban J connectivity index is 2.38. The number of hydrogen-bond donors (Lipinski definition) is 2. The van der Waals surface area contributed by atoms with E-state index in [1.165, 1.54) is 19.5 Å². The van der Waals surface area contributed by atoms with Gasteiger partial charge in [-0.1, -0.05) is 11.6 Å². The second kappa shape index (κ2) is 7.21. The van der Waals surface area contributed by atoms with Crippen LogP contribution in [0.25, 0.3) is 0 Å². The van der Waals surface area contributed by atoms with Crippen molar-refractivity contribution in [1.29, 1.82) is 0 Å². The molecule has 0 spiro atoms. The van der Waals surface area contributed by atoms with E-state index in [-0.39, 0.29) is 12.5 Å². The molecular weight excluding hydrogens is 244 g/mol. The zero-order chi connectivity index (χ0) is 12.7. The van der Waals surface area contributed by atoms with Crippen molar-refractivity contribution >= 4 is 17.5 Å². The average molecular weight is 259 g/mol. The van der Waals surface area contributed by atoms with Gasteiger partial charge in [0.25, 0.3) is 5.91 Å². The van der Waals surface area contributed by atoms with Crippen LogP contribution >= 0.6 is 11.6 Å². The van der Waals surface area contributed by atoms with Gasteiger partial charge in [0.1, 0.15) is 0 Å². The Hall–Kier alpha value is -1.17. The van der Waals surface area contributed by atoms with Crippen molar-refractivity contribution in [2.24, 2.45) is 0 Å². The number of aliphatic hydroxyl groups excluding tert-OH is 1. The minimum Gasteiger partial charge on any atom is -0.391 e. The molecule has 2 N–H and O–H groups in total. The molecule has 1 amide bonds. The van der Waals surface area contributed by atoms with E-state index < -0.39 is 6.10 Å². The maximum Gasteiger partial charge on any atom is 0.254 e. The van der Waals surface area contributed by atoms with Crippen LogP contribution in [0.2, 0.25) is 5.02 Å². The molecule has 17 heavy (non-hydrogen) atoms. The summed E-state index contributed by atoms with van der Waals surface area (Å²) in [6.45, 7) is 0.609. The number of carbonyl (C=O) groups is 1. The first kappa shape index (κ1) is 13.9. The van der Waals surface area contributed by atoms with E-state index >= 15 is 0 Å². The van der Waals surface area contributed by atoms with Gasteiger partial charge in [-0.05, 0) is 12.5 Å². The van der Waals surface area contributed by atoms with E-state index in [0.29, 0.717) is 23.6 Å². The van der Waals surface area contributed by atoms with E-state index in [1.54, 1.807) is 6.07 Å². The lowest BCUT2D eigenvalue weighted by Gasteiger charge is -2.10. The van der Waals surface area contributed by atoms with Crippen LogP contribution < -0.4 is 5.32 Å². The number of carbonyl (C=O) groups excluding carboxylic acids is 1. The van der Waals surface area contributed by atoms with Gasteiger partial charge in [0.2, 0.25) is 0 Å². The lowest BCUT2D eigenvalue weighted by atomic mass is 10.2. The number of halogens is 1.